The van der Waals surface area contributed by atoms with Gasteiger partial charge >= 0.3 is 59.1 Å². The van der Waals surface area contributed by atoms with Crippen LogP contribution in [-0.4, -0.2) is 33.9 Å². The van der Waals surface area contributed by atoms with Crippen molar-refractivity contribution >= 4 is 19.3 Å². The zero-order valence-corrected chi connectivity index (χ0v) is 18.7. The smallest absolute Gasteiger partial charge is 0.761 e. The maximum absolute atomic E-state index is 9.69. The van der Waals surface area contributed by atoms with Gasteiger partial charge in [-0.05, 0) is 24.5 Å². The number of hydrogen-bond donors (Lipinski definition) is 1. The Bertz CT molecular complexity index is 549. The Hall–Kier alpha value is 0.840. The van der Waals surface area contributed by atoms with E-state index < -0.39 is 19.3 Å². The third-order valence-electron chi connectivity index (χ3n) is 2.27. The molecule has 0 amide bonds. The third kappa shape index (κ3) is 11.4. The van der Waals surface area contributed by atoms with Crippen molar-refractivity contribution in [2.24, 2.45) is 0 Å². The SMILES string of the molecule is CCCCc1cccc(OC)c1O.O=S([O-])S(=O)(=O)[O-].[Na+].[Na+]. The van der Waals surface area contributed by atoms with E-state index in [9.17, 15) is 5.11 Å². The second kappa shape index (κ2) is 14.2. The van der Waals surface area contributed by atoms with Crippen molar-refractivity contribution in [1.82, 2.24) is 0 Å². The van der Waals surface area contributed by atoms with Gasteiger partial charge in [0.05, 0.1) is 17.2 Å². The van der Waals surface area contributed by atoms with E-state index in [0.717, 1.165) is 24.8 Å². The summed E-state index contributed by atoms with van der Waals surface area (Å²) in [4.78, 5) is 0. The molecule has 0 spiro atoms. The fourth-order valence-corrected chi connectivity index (χ4v) is 1.30. The first-order valence-corrected chi connectivity index (χ1v) is 8.64. The van der Waals surface area contributed by atoms with Crippen LogP contribution in [0.15, 0.2) is 18.2 Å². The van der Waals surface area contributed by atoms with Crippen LogP contribution < -0.4 is 63.9 Å². The van der Waals surface area contributed by atoms with Gasteiger partial charge in [0.1, 0.15) is 0 Å². The number of benzene rings is 1. The van der Waals surface area contributed by atoms with Gasteiger partial charge in [0.15, 0.2) is 20.6 Å². The standard InChI is InChI=1S/C11H16O2.2Na.H2O5S2/c1-3-4-6-9-7-5-8-10(13-2)11(9)12;;;1-6(2)7(3,4)5/h5,7-8,12H,3-4,6H2,1-2H3;;;(H,1,2)(H,3,4,5)/q;2*+1;/p-2. The maximum atomic E-state index is 9.69. The van der Waals surface area contributed by atoms with Crippen molar-refractivity contribution in [2.75, 3.05) is 7.11 Å². The van der Waals surface area contributed by atoms with Gasteiger partial charge in [-0.25, -0.2) is 8.42 Å². The molecule has 0 heterocycles. The molecule has 0 radical (unpaired) electrons. The number of aromatic hydroxyl groups is 1. The number of phenolic OH excluding ortho intramolecular Hbond substituents is 1. The summed E-state index contributed by atoms with van der Waals surface area (Å²) in [7, 11) is -7.02. The molecule has 0 saturated carbocycles. The second-order valence-corrected chi connectivity index (χ2v) is 6.95. The zero-order valence-electron chi connectivity index (χ0n) is 13.1. The van der Waals surface area contributed by atoms with E-state index in [4.69, 9.17) is 26.5 Å². The Labute approximate surface area is 176 Å². The molecule has 1 aromatic carbocycles. The fraction of sp³-hybridized carbons (Fsp3) is 0.455. The van der Waals surface area contributed by atoms with Crippen LogP contribution in [0.5, 0.6) is 11.5 Å². The first-order valence-electron chi connectivity index (χ1n) is 5.64. The predicted molar refractivity (Wildman–Crippen MR) is 71.9 cm³/mol. The number of para-hydroxylation sites is 1. The van der Waals surface area contributed by atoms with E-state index in [0.29, 0.717) is 11.5 Å². The summed E-state index contributed by atoms with van der Waals surface area (Å²) in [5.41, 5.74) is 0.973. The zero-order chi connectivity index (χ0) is 15.8. The molecule has 0 aliphatic heterocycles. The molecule has 11 heteroatoms. The first kappa shape index (κ1) is 27.7. The van der Waals surface area contributed by atoms with Crippen molar-refractivity contribution in [3.8, 4) is 11.5 Å². The Kier molecular flexibility index (Phi) is 17.9. The summed E-state index contributed by atoms with van der Waals surface area (Å²) in [6.07, 6.45) is 3.15. The van der Waals surface area contributed by atoms with Gasteiger partial charge in [-0.2, -0.15) is 0 Å². The monoisotopic (exact) mass is 370 g/mol. The molecule has 1 atom stereocenters. The summed E-state index contributed by atoms with van der Waals surface area (Å²) in [6, 6.07) is 5.61. The molecule has 0 aliphatic rings. The van der Waals surface area contributed by atoms with Crippen molar-refractivity contribution in [2.45, 2.75) is 26.2 Å². The van der Waals surface area contributed by atoms with Crippen LogP contribution in [0.1, 0.15) is 25.3 Å². The van der Waals surface area contributed by atoms with Gasteiger partial charge in [0.25, 0.3) is 0 Å². The summed E-state index contributed by atoms with van der Waals surface area (Å²) in [5.74, 6) is 0.854. The molecule has 1 rings (SSSR count). The summed E-state index contributed by atoms with van der Waals surface area (Å²) in [6.45, 7) is 2.14. The number of aryl methyl sites for hydroxylation is 1. The number of unbranched alkanes of at least 4 members (excludes halogenated alkanes) is 1. The van der Waals surface area contributed by atoms with E-state index in [1.165, 1.54) is 0 Å². The topological polar surface area (TPSA) is 127 Å². The van der Waals surface area contributed by atoms with E-state index >= 15 is 0 Å². The Morgan fingerprint density at radius 2 is 1.82 bits per heavy atom. The molecular weight excluding hydrogens is 354 g/mol. The predicted octanol–water partition coefficient (Wildman–Crippen LogP) is -4.92. The average Bonchev–Trinajstić information content (AvgIpc) is 2.37. The van der Waals surface area contributed by atoms with Crippen LogP contribution in [0, 0.1) is 0 Å². The van der Waals surface area contributed by atoms with Crippen LogP contribution in [-0.2, 0) is 25.7 Å². The molecule has 1 N–H and O–H groups in total. The number of ether oxygens (including phenoxy) is 1. The van der Waals surface area contributed by atoms with Crippen LogP contribution in [0.25, 0.3) is 0 Å². The number of hydrogen-bond acceptors (Lipinski definition) is 7. The molecule has 1 unspecified atom stereocenters. The van der Waals surface area contributed by atoms with Gasteiger partial charge < -0.3 is 18.9 Å². The second-order valence-electron chi connectivity index (χ2n) is 3.68. The first-order chi connectivity index (χ1) is 9.23. The molecule has 0 bridgehead atoms. The molecule has 22 heavy (non-hydrogen) atoms. The summed E-state index contributed by atoms with van der Waals surface area (Å²) >= 11 is 0. The van der Waals surface area contributed by atoms with Crippen LogP contribution in [0.3, 0.4) is 0 Å². The van der Waals surface area contributed by atoms with Gasteiger partial charge in [-0.3, -0.25) is 4.21 Å². The Balaban J connectivity index is -0.000000350. The molecule has 0 saturated heterocycles. The molecule has 0 fully saturated rings. The van der Waals surface area contributed by atoms with E-state index in [-0.39, 0.29) is 59.1 Å². The van der Waals surface area contributed by atoms with Gasteiger partial charge in [0.2, 0.25) is 0 Å². The normalized spacial score (nSPS) is 11.1. The fourth-order valence-electron chi connectivity index (χ4n) is 1.30. The number of rotatable bonds is 5. The Morgan fingerprint density at radius 1 is 1.32 bits per heavy atom. The molecule has 116 valence electrons. The molecule has 0 aromatic heterocycles. The van der Waals surface area contributed by atoms with Crippen LogP contribution in [0.2, 0.25) is 0 Å². The summed E-state index contributed by atoms with van der Waals surface area (Å²) in [5, 5.41) is 9.69. The molecular formula is C11H16Na2O7S2. The minimum Gasteiger partial charge on any atom is -0.761 e. The van der Waals surface area contributed by atoms with Gasteiger partial charge in [0, 0.05) is 0 Å². The average molecular weight is 370 g/mol. The van der Waals surface area contributed by atoms with E-state index in [1.807, 2.05) is 12.1 Å². The van der Waals surface area contributed by atoms with Crippen molar-refractivity contribution in [3.63, 3.8) is 0 Å². The van der Waals surface area contributed by atoms with E-state index in [2.05, 4.69) is 6.92 Å². The minimum absolute atomic E-state index is 0. The molecule has 7 nitrogen and oxygen atoms in total. The quantitative estimate of drug-likeness (QED) is 0.238. The largest absolute Gasteiger partial charge is 1.00 e. The van der Waals surface area contributed by atoms with Gasteiger partial charge in [-0.15, -0.1) is 0 Å². The third-order valence-corrected chi connectivity index (χ3v) is 3.60. The molecule has 1 aromatic rings. The van der Waals surface area contributed by atoms with Crippen molar-refractivity contribution in [1.29, 1.82) is 0 Å². The van der Waals surface area contributed by atoms with Crippen molar-refractivity contribution in [3.05, 3.63) is 23.8 Å². The number of methoxy groups -OCH3 is 1. The summed E-state index contributed by atoms with van der Waals surface area (Å²) < 4.78 is 50.7. The number of phenols is 1. The van der Waals surface area contributed by atoms with Crippen molar-refractivity contribution < 1.29 is 90.7 Å². The van der Waals surface area contributed by atoms with Crippen LogP contribution in [0.4, 0.5) is 0 Å². The van der Waals surface area contributed by atoms with E-state index in [1.54, 1.807) is 13.2 Å². The van der Waals surface area contributed by atoms with Gasteiger partial charge in [-0.1, -0.05) is 25.5 Å². The molecule has 0 aliphatic carbocycles. The Morgan fingerprint density at radius 3 is 2.18 bits per heavy atom. The maximum Gasteiger partial charge on any atom is 1.00 e. The van der Waals surface area contributed by atoms with Crippen LogP contribution >= 0.6 is 0 Å². The minimum atomic E-state index is -5.07.